The van der Waals surface area contributed by atoms with Gasteiger partial charge < -0.3 is 25.5 Å². The Morgan fingerprint density at radius 3 is 2.53 bits per heavy atom. The molecule has 2 heterocycles. The van der Waals surface area contributed by atoms with Gasteiger partial charge in [-0.05, 0) is 82.7 Å². The van der Waals surface area contributed by atoms with Crippen molar-refractivity contribution < 1.29 is 4.79 Å². The highest BCUT2D eigenvalue weighted by molar-refractivity contribution is 5.98. The molecule has 4 N–H and O–H groups in total. The lowest BCUT2D eigenvalue weighted by molar-refractivity contribution is 0.0950. The number of aryl methyl sites for hydroxylation is 3. The first-order valence-electron chi connectivity index (χ1n) is 12.8. The van der Waals surface area contributed by atoms with Crippen molar-refractivity contribution in [1.29, 1.82) is 0 Å². The van der Waals surface area contributed by atoms with Gasteiger partial charge in [0.25, 0.3) is 11.5 Å². The lowest BCUT2D eigenvalue weighted by Gasteiger charge is -2.38. The summed E-state index contributed by atoms with van der Waals surface area (Å²) < 4.78 is 1.96. The van der Waals surface area contributed by atoms with Crippen LogP contribution >= 0.6 is 0 Å². The summed E-state index contributed by atoms with van der Waals surface area (Å²) >= 11 is 0. The number of nitrogens with one attached hydrogen (secondary N) is 2. The number of amides is 1. The number of aromatic amines is 1. The van der Waals surface area contributed by atoms with Gasteiger partial charge in [-0.2, -0.15) is 0 Å². The van der Waals surface area contributed by atoms with Gasteiger partial charge in [-0.25, -0.2) is 4.98 Å². The fourth-order valence-electron chi connectivity index (χ4n) is 5.41. The van der Waals surface area contributed by atoms with Gasteiger partial charge in [0.05, 0.1) is 0 Å². The average Bonchev–Trinajstić information content (AvgIpc) is 3.26. The minimum Gasteiger partial charge on any atom is -0.369 e. The number of hydrogen-bond donors (Lipinski definition) is 3. The van der Waals surface area contributed by atoms with E-state index in [9.17, 15) is 9.59 Å². The Hall–Kier alpha value is -3.39. The molecule has 1 aliphatic rings. The summed E-state index contributed by atoms with van der Waals surface area (Å²) in [6.45, 7) is 8.92. The molecule has 0 aliphatic heterocycles. The summed E-state index contributed by atoms with van der Waals surface area (Å²) in [5.41, 5.74) is 11.7. The molecule has 0 spiro atoms. The van der Waals surface area contributed by atoms with Crippen LogP contribution in [0.3, 0.4) is 0 Å². The monoisotopic (exact) mass is 490 g/mol. The number of anilines is 1. The Labute approximate surface area is 212 Å². The largest absolute Gasteiger partial charge is 0.369 e. The third-order valence-electron chi connectivity index (χ3n) is 7.46. The van der Waals surface area contributed by atoms with Crippen LogP contribution in [0.2, 0.25) is 0 Å². The van der Waals surface area contributed by atoms with E-state index in [2.05, 4.69) is 33.2 Å². The maximum atomic E-state index is 13.5. The van der Waals surface area contributed by atoms with Crippen molar-refractivity contribution in [2.45, 2.75) is 72.0 Å². The second-order valence-corrected chi connectivity index (χ2v) is 10.0. The number of aromatic nitrogens is 3. The van der Waals surface area contributed by atoms with E-state index >= 15 is 0 Å². The van der Waals surface area contributed by atoms with Crippen molar-refractivity contribution >= 4 is 11.6 Å². The number of H-pyrrole nitrogens is 1. The summed E-state index contributed by atoms with van der Waals surface area (Å²) in [6, 6.07) is 6.64. The molecule has 0 bridgehead atoms. The molecule has 1 amide bonds. The van der Waals surface area contributed by atoms with E-state index in [0.717, 1.165) is 66.1 Å². The van der Waals surface area contributed by atoms with Gasteiger partial charge in [0.15, 0.2) is 0 Å². The number of carbonyl (C=O) groups excluding carboxylic acids is 1. The lowest BCUT2D eigenvalue weighted by Crippen LogP contribution is -2.41. The van der Waals surface area contributed by atoms with E-state index in [1.165, 1.54) is 0 Å². The summed E-state index contributed by atoms with van der Waals surface area (Å²) in [5, 5.41) is 2.99. The maximum absolute atomic E-state index is 13.5. The van der Waals surface area contributed by atoms with E-state index in [4.69, 9.17) is 5.73 Å². The molecular formula is C28H38N6O2. The third kappa shape index (κ3) is 5.23. The number of carbonyl (C=O) groups is 1. The van der Waals surface area contributed by atoms with Crippen molar-refractivity contribution in [2.75, 3.05) is 11.4 Å². The molecule has 192 valence electrons. The molecule has 1 fully saturated rings. The molecule has 0 saturated heterocycles. The van der Waals surface area contributed by atoms with E-state index in [1.54, 1.807) is 6.20 Å². The van der Waals surface area contributed by atoms with E-state index in [1.807, 2.05) is 50.7 Å². The molecule has 1 aliphatic carbocycles. The SMILES string of the molecule is CCN(c1cc(-c2nccn2C)cc(C(=O)NCc2c(C)cc(C)[nH]c2=O)c1C)C1CCC(N)CC1. The van der Waals surface area contributed by atoms with Crippen molar-refractivity contribution in [2.24, 2.45) is 12.8 Å². The second-order valence-electron chi connectivity index (χ2n) is 10.0. The average molecular weight is 491 g/mol. The van der Waals surface area contributed by atoms with Crippen LogP contribution in [-0.2, 0) is 13.6 Å². The normalized spacial score (nSPS) is 17.7. The predicted molar refractivity (Wildman–Crippen MR) is 144 cm³/mol. The highest BCUT2D eigenvalue weighted by Crippen LogP contribution is 2.34. The minimum absolute atomic E-state index is 0.166. The van der Waals surface area contributed by atoms with Gasteiger partial charge in [0, 0.05) is 72.7 Å². The first-order valence-corrected chi connectivity index (χ1v) is 12.8. The van der Waals surface area contributed by atoms with Gasteiger partial charge in [-0.15, -0.1) is 0 Å². The fourth-order valence-corrected chi connectivity index (χ4v) is 5.41. The third-order valence-corrected chi connectivity index (χ3v) is 7.46. The first kappa shape index (κ1) is 25.7. The molecule has 1 saturated carbocycles. The molecule has 36 heavy (non-hydrogen) atoms. The zero-order chi connectivity index (χ0) is 26.0. The van der Waals surface area contributed by atoms with E-state index in [0.29, 0.717) is 17.2 Å². The van der Waals surface area contributed by atoms with Crippen molar-refractivity contribution in [3.8, 4) is 11.4 Å². The summed E-state index contributed by atoms with van der Waals surface area (Å²) in [6.07, 6.45) is 7.77. The molecule has 0 atom stereocenters. The van der Waals surface area contributed by atoms with Crippen molar-refractivity contribution in [3.63, 3.8) is 0 Å². The molecular weight excluding hydrogens is 452 g/mol. The zero-order valence-corrected chi connectivity index (χ0v) is 22.0. The maximum Gasteiger partial charge on any atom is 0.253 e. The minimum atomic E-state index is -0.203. The fraction of sp³-hybridized carbons (Fsp3) is 0.464. The smallest absolute Gasteiger partial charge is 0.253 e. The Kier molecular flexibility index (Phi) is 7.64. The van der Waals surface area contributed by atoms with Gasteiger partial charge >= 0.3 is 0 Å². The summed E-state index contributed by atoms with van der Waals surface area (Å²) in [4.78, 5) is 35.8. The van der Waals surface area contributed by atoms with Crippen LogP contribution < -0.4 is 21.5 Å². The Bertz CT molecular complexity index is 1300. The predicted octanol–water partition coefficient (Wildman–Crippen LogP) is 3.73. The number of hydrogen-bond acceptors (Lipinski definition) is 5. The standard InChI is InChI=1S/C28H38N6O2/c1-6-34(22-9-7-21(29)8-10-22)25-15-20(26-30-11-12-33(26)5)14-23(19(25)4)27(35)31-16-24-17(2)13-18(3)32-28(24)36/h11-15,21-22H,6-10,16,29H2,1-5H3,(H,31,35)(H,32,36). The summed E-state index contributed by atoms with van der Waals surface area (Å²) in [5.74, 6) is 0.601. The second kappa shape index (κ2) is 10.7. The van der Waals surface area contributed by atoms with Crippen LogP contribution in [0.15, 0.2) is 35.4 Å². The Morgan fingerprint density at radius 1 is 1.19 bits per heavy atom. The van der Waals surface area contributed by atoms with E-state index in [-0.39, 0.29) is 24.1 Å². The van der Waals surface area contributed by atoms with Crippen LogP contribution in [0.5, 0.6) is 0 Å². The van der Waals surface area contributed by atoms with Gasteiger partial charge in [-0.3, -0.25) is 9.59 Å². The Morgan fingerprint density at radius 2 is 1.92 bits per heavy atom. The topological polar surface area (TPSA) is 109 Å². The van der Waals surface area contributed by atoms with Crippen LogP contribution in [0.4, 0.5) is 5.69 Å². The Balaban J connectivity index is 1.72. The number of imidazole rings is 1. The van der Waals surface area contributed by atoms with Crippen LogP contribution in [0.1, 0.15) is 65.3 Å². The zero-order valence-electron chi connectivity index (χ0n) is 22.0. The molecule has 8 nitrogen and oxygen atoms in total. The molecule has 2 aromatic heterocycles. The molecule has 0 unspecified atom stereocenters. The highest BCUT2D eigenvalue weighted by Gasteiger charge is 2.27. The number of rotatable bonds is 7. The number of nitrogens with zero attached hydrogens (tertiary/aromatic N) is 3. The molecule has 8 heteroatoms. The van der Waals surface area contributed by atoms with Crippen molar-refractivity contribution in [1.82, 2.24) is 19.9 Å². The molecule has 3 aromatic rings. The number of pyridine rings is 1. The first-order chi connectivity index (χ1) is 17.2. The van der Waals surface area contributed by atoms with Crippen LogP contribution in [0.25, 0.3) is 11.4 Å². The number of nitrogens with two attached hydrogens (primary N) is 1. The van der Waals surface area contributed by atoms with Gasteiger partial charge in [0.1, 0.15) is 5.82 Å². The van der Waals surface area contributed by atoms with Gasteiger partial charge in [0.2, 0.25) is 0 Å². The number of benzene rings is 1. The van der Waals surface area contributed by atoms with Crippen molar-refractivity contribution in [3.05, 3.63) is 68.9 Å². The quantitative estimate of drug-likeness (QED) is 0.468. The lowest BCUT2D eigenvalue weighted by atomic mass is 9.89. The molecule has 1 aromatic carbocycles. The van der Waals surface area contributed by atoms with Gasteiger partial charge in [-0.1, -0.05) is 0 Å². The summed E-state index contributed by atoms with van der Waals surface area (Å²) in [7, 11) is 1.95. The molecule has 0 radical (unpaired) electrons. The van der Waals surface area contributed by atoms with Crippen LogP contribution in [-0.4, -0.2) is 39.1 Å². The molecule has 4 rings (SSSR count). The highest BCUT2D eigenvalue weighted by atomic mass is 16.1. The van der Waals surface area contributed by atoms with Crippen LogP contribution in [0, 0.1) is 20.8 Å². The van der Waals surface area contributed by atoms with E-state index < -0.39 is 0 Å².